The van der Waals surface area contributed by atoms with Crippen molar-refractivity contribution < 1.29 is 14.7 Å². The molecule has 0 radical (unpaired) electrons. The van der Waals surface area contributed by atoms with Gasteiger partial charge >= 0.3 is 5.97 Å². The minimum Gasteiger partial charge on any atom is -0.481 e. The van der Waals surface area contributed by atoms with Crippen molar-refractivity contribution in [3.05, 3.63) is 70.4 Å². The predicted octanol–water partition coefficient (Wildman–Crippen LogP) is 2.33. The molecular formula is C20H18N2O4. The van der Waals surface area contributed by atoms with Gasteiger partial charge in [-0.05, 0) is 17.2 Å². The van der Waals surface area contributed by atoms with Gasteiger partial charge in [-0.2, -0.15) is 0 Å². The van der Waals surface area contributed by atoms with E-state index >= 15 is 0 Å². The van der Waals surface area contributed by atoms with E-state index in [1.807, 2.05) is 30.3 Å². The number of pyridine rings is 1. The molecule has 6 heteroatoms. The molecule has 3 rings (SSSR count). The summed E-state index contributed by atoms with van der Waals surface area (Å²) in [6, 6.07) is 16.3. The van der Waals surface area contributed by atoms with Crippen molar-refractivity contribution in [1.29, 1.82) is 0 Å². The van der Waals surface area contributed by atoms with Gasteiger partial charge in [-0.1, -0.05) is 42.5 Å². The zero-order chi connectivity index (χ0) is 18.5. The summed E-state index contributed by atoms with van der Waals surface area (Å²) in [6.07, 6.45) is -0.0680. The predicted molar refractivity (Wildman–Crippen MR) is 99.0 cm³/mol. The van der Waals surface area contributed by atoms with Crippen LogP contribution in [0.1, 0.15) is 12.0 Å². The largest absolute Gasteiger partial charge is 0.481 e. The van der Waals surface area contributed by atoms with E-state index in [9.17, 15) is 14.4 Å². The molecule has 3 N–H and O–H groups in total. The Hall–Kier alpha value is -3.41. The summed E-state index contributed by atoms with van der Waals surface area (Å²) in [6.45, 7) is 0.0741. The number of hydrogen-bond acceptors (Lipinski definition) is 3. The zero-order valence-corrected chi connectivity index (χ0v) is 14.0. The van der Waals surface area contributed by atoms with Gasteiger partial charge in [0.2, 0.25) is 5.91 Å². The molecule has 1 aromatic heterocycles. The van der Waals surface area contributed by atoms with Crippen molar-refractivity contribution in [2.75, 3.05) is 6.54 Å². The van der Waals surface area contributed by atoms with Gasteiger partial charge in [-0.15, -0.1) is 0 Å². The zero-order valence-electron chi connectivity index (χ0n) is 14.0. The van der Waals surface area contributed by atoms with Crippen LogP contribution in [-0.2, 0) is 16.0 Å². The summed E-state index contributed by atoms with van der Waals surface area (Å²) in [5, 5.41) is 11.7. The molecule has 0 saturated carbocycles. The van der Waals surface area contributed by atoms with Crippen LogP contribution in [0.4, 0.5) is 0 Å². The summed E-state index contributed by atoms with van der Waals surface area (Å²) >= 11 is 0. The van der Waals surface area contributed by atoms with Gasteiger partial charge in [0.05, 0.1) is 18.4 Å². The van der Waals surface area contributed by atoms with E-state index in [1.54, 1.807) is 24.3 Å². The summed E-state index contributed by atoms with van der Waals surface area (Å²) in [5.41, 5.74) is 2.75. The Bertz CT molecular complexity index is 1010. The van der Waals surface area contributed by atoms with Gasteiger partial charge in [0.25, 0.3) is 0 Å². The van der Waals surface area contributed by atoms with Gasteiger partial charge < -0.3 is 15.4 Å². The number of carboxylic acid groups (broad SMARTS) is 1. The molecule has 0 atom stereocenters. The van der Waals surface area contributed by atoms with Crippen molar-refractivity contribution in [3.63, 3.8) is 0 Å². The second-order valence-corrected chi connectivity index (χ2v) is 5.92. The molecule has 0 spiro atoms. The lowest BCUT2D eigenvalue weighted by molar-refractivity contribution is -0.136. The molecule has 3 aromatic rings. The van der Waals surface area contributed by atoms with Crippen LogP contribution < -0.4 is 10.7 Å². The van der Waals surface area contributed by atoms with E-state index in [1.165, 1.54) is 0 Å². The van der Waals surface area contributed by atoms with Gasteiger partial charge in [0, 0.05) is 23.7 Å². The van der Waals surface area contributed by atoms with E-state index in [2.05, 4.69) is 10.3 Å². The minimum absolute atomic E-state index is 0.0607. The fourth-order valence-corrected chi connectivity index (χ4v) is 2.80. The van der Waals surface area contributed by atoms with Crippen molar-refractivity contribution >= 4 is 22.8 Å². The Kier molecular flexibility index (Phi) is 5.12. The van der Waals surface area contributed by atoms with Gasteiger partial charge in [0.1, 0.15) is 0 Å². The summed E-state index contributed by atoms with van der Waals surface area (Å²) in [4.78, 5) is 38.3. The van der Waals surface area contributed by atoms with Gasteiger partial charge in [0.15, 0.2) is 5.43 Å². The number of para-hydroxylation sites is 1. The number of carboxylic acids is 1. The Balaban J connectivity index is 1.93. The Labute approximate surface area is 149 Å². The molecule has 1 amide bonds. The fourth-order valence-electron chi connectivity index (χ4n) is 2.80. The normalized spacial score (nSPS) is 10.6. The smallest absolute Gasteiger partial charge is 0.305 e. The lowest BCUT2D eigenvalue weighted by Gasteiger charge is -2.10. The van der Waals surface area contributed by atoms with E-state index in [-0.39, 0.29) is 30.7 Å². The van der Waals surface area contributed by atoms with Crippen LogP contribution in [0, 0.1) is 0 Å². The first-order valence-electron chi connectivity index (χ1n) is 8.23. The van der Waals surface area contributed by atoms with E-state index in [0.29, 0.717) is 22.2 Å². The quantitative estimate of drug-likeness (QED) is 0.635. The summed E-state index contributed by atoms with van der Waals surface area (Å²) in [5.74, 6) is -1.25. The van der Waals surface area contributed by atoms with Gasteiger partial charge in [-0.3, -0.25) is 14.4 Å². The molecular weight excluding hydrogens is 332 g/mol. The average molecular weight is 350 g/mol. The summed E-state index contributed by atoms with van der Waals surface area (Å²) in [7, 11) is 0. The highest BCUT2D eigenvalue weighted by Crippen LogP contribution is 2.20. The molecule has 2 aromatic carbocycles. The maximum absolute atomic E-state index is 12.5. The van der Waals surface area contributed by atoms with Crippen molar-refractivity contribution in [3.8, 4) is 11.3 Å². The monoisotopic (exact) mass is 350 g/mol. The number of H-pyrrole nitrogens is 1. The first kappa shape index (κ1) is 17.4. The van der Waals surface area contributed by atoms with Crippen LogP contribution in [0.2, 0.25) is 0 Å². The molecule has 0 saturated heterocycles. The highest BCUT2D eigenvalue weighted by Gasteiger charge is 2.11. The highest BCUT2D eigenvalue weighted by atomic mass is 16.4. The third kappa shape index (κ3) is 3.97. The molecule has 0 fully saturated rings. The fraction of sp³-hybridized carbons (Fsp3) is 0.150. The van der Waals surface area contributed by atoms with Gasteiger partial charge in [-0.25, -0.2) is 0 Å². The molecule has 0 unspecified atom stereocenters. The van der Waals surface area contributed by atoms with Crippen molar-refractivity contribution in [1.82, 2.24) is 10.3 Å². The number of aromatic amines is 1. The molecule has 6 nitrogen and oxygen atoms in total. The first-order chi connectivity index (χ1) is 12.5. The number of nitrogens with one attached hydrogen (secondary N) is 2. The topological polar surface area (TPSA) is 99.3 Å². The number of hydrogen-bond donors (Lipinski definition) is 3. The highest BCUT2D eigenvalue weighted by molar-refractivity contribution is 5.89. The number of amides is 1. The van der Waals surface area contributed by atoms with Crippen LogP contribution >= 0.6 is 0 Å². The number of carbonyl (C=O) groups is 2. The third-order valence-corrected chi connectivity index (χ3v) is 4.05. The lowest BCUT2D eigenvalue weighted by Crippen LogP contribution is -2.27. The molecule has 1 heterocycles. The standard InChI is InChI=1S/C20H18N2O4/c23-17-12-16(13-5-2-1-3-6-13)22-20-14(7-4-8-15(17)20)11-18(24)21-10-9-19(25)26/h1-8,12H,9-11H2,(H,21,24)(H,22,23)(H,25,26). The second-order valence-electron chi connectivity index (χ2n) is 5.92. The molecule has 26 heavy (non-hydrogen) atoms. The van der Waals surface area contributed by atoms with E-state index < -0.39 is 5.97 Å². The van der Waals surface area contributed by atoms with E-state index in [0.717, 1.165) is 5.56 Å². The van der Waals surface area contributed by atoms with Crippen LogP contribution in [0.15, 0.2) is 59.4 Å². The number of aromatic nitrogens is 1. The van der Waals surface area contributed by atoms with Crippen LogP contribution in [0.3, 0.4) is 0 Å². The van der Waals surface area contributed by atoms with E-state index in [4.69, 9.17) is 5.11 Å². The maximum Gasteiger partial charge on any atom is 0.305 e. The number of rotatable bonds is 6. The molecule has 132 valence electrons. The van der Waals surface area contributed by atoms with Crippen molar-refractivity contribution in [2.45, 2.75) is 12.8 Å². The van der Waals surface area contributed by atoms with Crippen molar-refractivity contribution in [2.24, 2.45) is 0 Å². The maximum atomic E-state index is 12.5. The molecule has 0 aliphatic heterocycles. The van der Waals surface area contributed by atoms with Crippen LogP contribution in [0.25, 0.3) is 22.2 Å². The lowest BCUT2D eigenvalue weighted by atomic mass is 10.0. The first-order valence-corrected chi connectivity index (χ1v) is 8.23. The SMILES string of the molecule is O=C(O)CCNC(=O)Cc1cccc2c(=O)cc(-c3ccccc3)[nH]c12. The second kappa shape index (κ2) is 7.65. The third-order valence-electron chi connectivity index (χ3n) is 4.05. The molecule has 0 aliphatic carbocycles. The molecule has 0 bridgehead atoms. The summed E-state index contributed by atoms with van der Waals surface area (Å²) < 4.78 is 0. The number of carbonyl (C=O) groups excluding carboxylic acids is 1. The Morgan fingerprint density at radius 1 is 1.04 bits per heavy atom. The molecule has 0 aliphatic rings. The average Bonchev–Trinajstić information content (AvgIpc) is 2.62. The number of benzene rings is 2. The number of fused-ring (bicyclic) bond motifs is 1. The Morgan fingerprint density at radius 3 is 2.54 bits per heavy atom. The Morgan fingerprint density at radius 2 is 1.81 bits per heavy atom. The van der Waals surface area contributed by atoms with Crippen LogP contribution in [-0.4, -0.2) is 28.5 Å². The van der Waals surface area contributed by atoms with Crippen LogP contribution in [0.5, 0.6) is 0 Å². The number of aliphatic carboxylic acids is 1. The minimum atomic E-state index is -0.965.